The van der Waals surface area contributed by atoms with Gasteiger partial charge in [-0.1, -0.05) is 12.2 Å². The molecule has 0 aromatic rings. The van der Waals surface area contributed by atoms with E-state index in [2.05, 4.69) is 0 Å². The molecule has 14 heavy (non-hydrogen) atoms. The van der Waals surface area contributed by atoms with Crippen LogP contribution in [0.4, 0.5) is 0 Å². The Morgan fingerprint density at radius 2 is 2.14 bits per heavy atom. The summed E-state index contributed by atoms with van der Waals surface area (Å²) in [5.74, 6) is -0.805. The van der Waals surface area contributed by atoms with Crippen LogP contribution in [0.3, 0.4) is 0 Å². The maximum absolute atomic E-state index is 10.8. The number of carbonyl (C=O) groups is 2. The number of hydrogen-bond donors (Lipinski definition) is 1. The van der Waals surface area contributed by atoms with E-state index in [1.807, 2.05) is 6.08 Å². The van der Waals surface area contributed by atoms with Gasteiger partial charge in [-0.3, -0.25) is 9.59 Å². The van der Waals surface area contributed by atoms with Crippen molar-refractivity contribution in [3.05, 3.63) is 12.2 Å². The van der Waals surface area contributed by atoms with Crippen molar-refractivity contribution in [1.29, 1.82) is 0 Å². The molecule has 78 valence electrons. The SMILES string of the molecule is CC(=O)CC1C=CC(CC(=O)O)CO1. The first-order valence-electron chi connectivity index (χ1n) is 4.59. The monoisotopic (exact) mass is 198 g/mol. The third kappa shape index (κ3) is 3.70. The Balaban J connectivity index is 2.39. The van der Waals surface area contributed by atoms with E-state index in [1.165, 1.54) is 6.92 Å². The van der Waals surface area contributed by atoms with Crippen LogP contribution in [0.1, 0.15) is 19.8 Å². The van der Waals surface area contributed by atoms with Gasteiger partial charge in [0.05, 0.1) is 19.1 Å². The minimum absolute atomic E-state index is 0.0595. The van der Waals surface area contributed by atoms with Crippen LogP contribution in [0.15, 0.2) is 12.2 Å². The number of rotatable bonds is 4. The van der Waals surface area contributed by atoms with E-state index in [0.717, 1.165) is 0 Å². The molecular formula is C10H14O4. The van der Waals surface area contributed by atoms with E-state index in [4.69, 9.17) is 9.84 Å². The fraction of sp³-hybridized carbons (Fsp3) is 0.600. The minimum atomic E-state index is -0.826. The number of carboxylic acid groups (broad SMARTS) is 1. The largest absolute Gasteiger partial charge is 0.481 e. The van der Waals surface area contributed by atoms with Gasteiger partial charge in [-0.2, -0.15) is 0 Å². The zero-order chi connectivity index (χ0) is 10.6. The van der Waals surface area contributed by atoms with Gasteiger partial charge in [0.25, 0.3) is 0 Å². The summed E-state index contributed by atoms with van der Waals surface area (Å²) in [7, 11) is 0. The summed E-state index contributed by atoms with van der Waals surface area (Å²) in [6.45, 7) is 1.90. The summed E-state index contributed by atoms with van der Waals surface area (Å²) in [6.07, 6.45) is 3.89. The van der Waals surface area contributed by atoms with Crippen molar-refractivity contribution >= 4 is 11.8 Å². The van der Waals surface area contributed by atoms with Gasteiger partial charge < -0.3 is 9.84 Å². The van der Waals surface area contributed by atoms with Gasteiger partial charge in [0.2, 0.25) is 0 Å². The molecule has 4 nitrogen and oxygen atoms in total. The average molecular weight is 198 g/mol. The lowest BCUT2D eigenvalue weighted by Gasteiger charge is -2.21. The number of carbonyl (C=O) groups excluding carboxylic acids is 1. The van der Waals surface area contributed by atoms with Crippen molar-refractivity contribution in [2.24, 2.45) is 5.92 Å². The van der Waals surface area contributed by atoms with E-state index >= 15 is 0 Å². The molecule has 0 aliphatic carbocycles. The summed E-state index contributed by atoms with van der Waals surface area (Å²) in [4.78, 5) is 21.1. The highest BCUT2D eigenvalue weighted by atomic mass is 16.5. The minimum Gasteiger partial charge on any atom is -0.481 e. The highest BCUT2D eigenvalue weighted by Gasteiger charge is 2.18. The number of ketones is 1. The summed E-state index contributed by atoms with van der Waals surface area (Å²) < 4.78 is 5.33. The normalized spacial score (nSPS) is 26.1. The highest BCUT2D eigenvalue weighted by Crippen LogP contribution is 2.16. The number of ether oxygens (including phenoxy) is 1. The molecule has 4 heteroatoms. The van der Waals surface area contributed by atoms with Gasteiger partial charge in [-0.05, 0) is 6.92 Å². The molecule has 0 aromatic heterocycles. The molecule has 1 rings (SSSR count). The predicted molar refractivity (Wildman–Crippen MR) is 49.9 cm³/mol. The molecule has 1 N–H and O–H groups in total. The first kappa shape index (κ1) is 10.9. The molecule has 0 radical (unpaired) electrons. The predicted octanol–water partition coefficient (Wildman–Crippen LogP) is 1.01. The van der Waals surface area contributed by atoms with Crippen LogP contribution in [-0.4, -0.2) is 29.6 Å². The van der Waals surface area contributed by atoms with Gasteiger partial charge >= 0.3 is 5.97 Å². The summed E-state index contributed by atoms with van der Waals surface area (Å²) in [5, 5.41) is 8.53. The molecule has 1 heterocycles. The number of carboxylic acids is 1. The molecular weight excluding hydrogens is 184 g/mol. The van der Waals surface area contributed by atoms with Crippen molar-refractivity contribution in [2.75, 3.05) is 6.61 Å². The molecule has 0 aromatic carbocycles. The fourth-order valence-corrected chi connectivity index (χ4v) is 1.40. The molecule has 1 aliphatic rings. The van der Waals surface area contributed by atoms with Crippen molar-refractivity contribution in [1.82, 2.24) is 0 Å². The Morgan fingerprint density at radius 1 is 1.43 bits per heavy atom. The first-order valence-corrected chi connectivity index (χ1v) is 4.59. The molecule has 0 bridgehead atoms. The van der Waals surface area contributed by atoms with Gasteiger partial charge in [0.1, 0.15) is 5.78 Å². The quantitative estimate of drug-likeness (QED) is 0.685. The van der Waals surface area contributed by atoms with E-state index in [9.17, 15) is 9.59 Å². The van der Waals surface area contributed by atoms with Crippen LogP contribution in [0.2, 0.25) is 0 Å². The lowest BCUT2D eigenvalue weighted by atomic mass is 10.0. The number of aliphatic carboxylic acids is 1. The molecule has 1 aliphatic heterocycles. The van der Waals surface area contributed by atoms with E-state index in [1.54, 1.807) is 6.08 Å². The lowest BCUT2D eigenvalue weighted by Crippen LogP contribution is -2.24. The summed E-state index contributed by atoms with van der Waals surface area (Å²) in [6, 6.07) is 0. The molecule has 0 saturated carbocycles. The van der Waals surface area contributed by atoms with Crippen LogP contribution < -0.4 is 0 Å². The van der Waals surface area contributed by atoms with Gasteiger partial charge in [-0.15, -0.1) is 0 Å². The van der Waals surface area contributed by atoms with Gasteiger partial charge in [-0.25, -0.2) is 0 Å². The summed E-state index contributed by atoms with van der Waals surface area (Å²) >= 11 is 0. The van der Waals surface area contributed by atoms with Crippen LogP contribution in [0.25, 0.3) is 0 Å². The molecule has 0 fully saturated rings. The Bertz CT molecular complexity index is 231. The highest BCUT2D eigenvalue weighted by molar-refractivity contribution is 5.76. The zero-order valence-electron chi connectivity index (χ0n) is 8.10. The molecule has 0 amide bonds. The lowest BCUT2D eigenvalue weighted by molar-refractivity contribution is -0.138. The first-order chi connectivity index (χ1) is 6.58. The molecule has 2 atom stereocenters. The van der Waals surface area contributed by atoms with Gasteiger partial charge in [0, 0.05) is 12.3 Å². The Kier molecular flexibility index (Phi) is 3.83. The summed E-state index contributed by atoms with van der Waals surface area (Å²) in [5.41, 5.74) is 0. The van der Waals surface area contributed by atoms with Crippen LogP contribution in [-0.2, 0) is 14.3 Å². The smallest absolute Gasteiger partial charge is 0.304 e. The third-order valence-corrected chi connectivity index (χ3v) is 2.05. The Hall–Kier alpha value is -1.16. The standard InChI is InChI=1S/C10H14O4/c1-7(11)4-9-3-2-8(6-14-9)5-10(12)13/h2-3,8-9H,4-6H2,1H3,(H,12,13). The van der Waals surface area contributed by atoms with Gasteiger partial charge in [0.15, 0.2) is 0 Å². The Labute approximate surface area is 82.6 Å². The Morgan fingerprint density at radius 3 is 2.57 bits per heavy atom. The second-order valence-electron chi connectivity index (χ2n) is 3.52. The maximum Gasteiger partial charge on any atom is 0.304 e. The van der Waals surface area contributed by atoms with E-state index in [-0.39, 0.29) is 24.2 Å². The van der Waals surface area contributed by atoms with Crippen LogP contribution in [0.5, 0.6) is 0 Å². The zero-order valence-corrected chi connectivity index (χ0v) is 8.10. The number of Topliss-reactive ketones (excluding diaryl/α,β-unsaturated/α-hetero) is 1. The van der Waals surface area contributed by atoms with Crippen LogP contribution >= 0.6 is 0 Å². The van der Waals surface area contributed by atoms with E-state index in [0.29, 0.717) is 13.0 Å². The van der Waals surface area contributed by atoms with Crippen molar-refractivity contribution < 1.29 is 19.4 Å². The van der Waals surface area contributed by atoms with Crippen molar-refractivity contribution in [2.45, 2.75) is 25.9 Å². The van der Waals surface area contributed by atoms with E-state index < -0.39 is 5.97 Å². The molecule has 0 spiro atoms. The number of hydrogen-bond acceptors (Lipinski definition) is 3. The average Bonchev–Trinajstić information content (AvgIpc) is 2.06. The topological polar surface area (TPSA) is 63.6 Å². The second-order valence-corrected chi connectivity index (χ2v) is 3.52. The fourth-order valence-electron chi connectivity index (χ4n) is 1.40. The third-order valence-electron chi connectivity index (χ3n) is 2.05. The van der Waals surface area contributed by atoms with Crippen LogP contribution in [0, 0.1) is 5.92 Å². The van der Waals surface area contributed by atoms with Crippen molar-refractivity contribution in [3.8, 4) is 0 Å². The maximum atomic E-state index is 10.8. The second kappa shape index (κ2) is 4.91. The van der Waals surface area contributed by atoms with Crippen molar-refractivity contribution in [3.63, 3.8) is 0 Å². The molecule has 0 saturated heterocycles. The molecule has 2 unspecified atom stereocenters.